The summed E-state index contributed by atoms with van der Waals surface area (Å²) in [6, 6.07) is 13.5. The minimum Gasteiger partial charge on any atom is -0.454 e. The van der Waals surface area contributed by atoms with Crippen LogP contribution in [0.3, 0.4) is 0 Å². The Morgan fingerprint density at radius 1 is 1.09 bits per heavy atom. The minimum atomic E-state index is -3.79. The van der Waals surface area contributed by atoms with Gasteiger partial charge in [0.1, 0.15) is 12.6 Å². The summed E-state index contributed by atoms with van der Waals surface area (Å²) in [6.45, 7) is 3.01. The summed E-state index contributed by atoms with van der Waals surface area (Å²) in [5.74, 6) is -0.0716. The maximum atomic E-state index is 13.4. The number of rotatable bonds is 10. The Morgan fingerprint density at radius 3 is 2.45 bits per heavy atom. The fraction of sp³-hybridized carbons (Fsp3) is 0.391. The highest BCUT2D eigenvalue weighted by Crippen LogP contribution is 2.36. The van der Waals surface area contributed by atoms with Crippen molar-refractivity contribution in [3.05, 3.63) is 54.1 Å². The number of carbonyl (C=O) groups excluding carboxylic acids is 2. The number of carbonyl (C=O) groups is 2. The molecule has 0 saturated heterocycles. The zero-order chi connectivity index (χ0) is 24.0. The van der Waals surface area contributed by atoms with E-state index in [2.05, 4.69) is 5.32 Å². The molecule has 3 rings (SSSR count). The van der Waals surface area contributed by atoms with Gasteiger partial charge in [-0.3, -0.25) is 13.9 Å². The van der Waals surface area contributed by atoms with E-state index in [1.165, 1.54) is 18.9 Å². The molecular formula is C23H29N3O6S. The van der Waals surface area contributed by atoms with Crippen molar-refractivity contribution in [2.24, 2.45) is 0 Å². The van der Waals surface area contributed by atoms with Gasteiger partial charge < -0.3 is 19.7 Å². The van der Waals surface area contributed by atoms with Gasteiger partial charge in [0.15, 0.2) is 11.5 Å². The minimum absolute atomic E-state index is 0.0507. The molecular weight excluding hydrogens is 446 g/mol. The van der Waals surface area contributed by atoms with Crippen molar-refractivity contribution in [3.63, 3.8) is 0 Å². The van der Waals surface area contributed by atoms with Gasteiger partial charge in [0.2, 0.25) is 28.6 Å². The topological polar surface area (TPSA) is 105 Å². The molecule has 0 bridgehead atoms. The van der Waals surface area contributed by atoms with E-state index in [-0.39, 0.29) is 25.0 Å². The molecule has 1 heterocycles. The number of ether oxygens (including phenoxy) is 2. The summed E-state index contributed by atoms with van der Waals surface area (Å²) >= 11 is 0. The van der Waals surface area contributed by atoms with Crippen LogP contribution >= 0.6 is 0 Å². The van der Waals surface area contributed by atoms with Gasteiger partial charge in [-0.05, 0) is 38.0 Å². The van der Waals surface area contributed by atoms with E-state index in [0.29, 0.717) is 23.6 Å². The summed E-state index contributed by atoms with van der Waals surface area (Å²) in [7, 11) is -2.29. The van der Waals surface area contributed by atoms with Crippen molar-refractivity contribution in [1.82, 2.24) is 10.2 Å². The molecule has 178 valence electrons. The molecule has 2 amide bonds. The van der Waals surface area contributed by atoms with Crippen molar-refractivity contribution in [3.8, 4) is 11.5 Å². The van der Waals surface area contributed by atoms with Crippen molar-refractivity contribution in [2.75, 3.05) is 37.0 Å². The van der Waals surface area contributed by atoms with Crippen LogP contribution < -0.4 is 19.1 Å². The second-order valence-electron chi connectivity index (χ2n) is 7.56. The average molecular weight is 476 g/mol. The lowest BCUT2D eigenvalue weighted by Gasteiger charge is -2.31. The van der Waals surface area contributed by atoms with Crippen LogP contribution in [0.15, 0.2) is 48.5 Å². The second-order valence-corrected chi connectivity index (χ2v) is 9.74. The summed E-state index contributed by atoms with van der Waals surface area (Å²) in [6.07, 6.45) is 0.526. The molecule has 2 aromatic carbocycles. The standard InChI is InChI=1S/C23H29N3O6S/c1-4-33(29,30)26(19-10-11-20-21(14-19)32-16-31-20)15-22(27)25(17(2)23(28)24-3)13-12-18-8-6-5-7-9-18/h5-11,14,17H,4,12-13,15-16H2,1-3H3,(H,24,28). The molecule has 10 heteroatoms. The van der Waals surface area contributed by atoms with Crippen LogP contribution in [0.2, 0.25) is 0 Å². The third kappa shape index (κ3) is 5.75. The summed E-state index contributed by atoms with van der Waals surface area (Å²) in [5.41, 5.74) is 1.30. The highest BCUT2D eigenvalue weighted by molar-refractivity contribution is 7.92. The van der Waals surface area contributed by atoms with Crippen LogP contribution in [-0.2, 0) is 26.0 Å². The van der Waals surface area contributed by atoms with Crippen molar-refractivity contribution in [2.45, 2.75) is 26.3 Å². The number of benzene rings is 2. The lowest BCUT2D eigenvalue weighted by molar-refractivity contribution is -0.138. The number of hydrogen-bond donors (Lipinski definition) is 1. The molecule has 9 nitrogen and oxygen atoms in total. The Morgan fingerprint density at radius 2 is 1.79 bits per heavy atom. The van der Waals surface area contributed by atoms with Crippen LogP contribution in [-0.4, -0.2) is 63.9 Å². The SMILES string of the molecule is CCS(=O)(=O)N(CC(=O)N(CCc1ccccc1)C(C)C(=O)NC)c1ccc2c(c1)OCO2. The second kappa shape index (κ2) is 10.6. The number of likely N-dealkylation sites (N-methyl/N-ethyl adjacent to an activating group) is 1. The molecule has 2 aromatic rings. The van der Waals surface area contributed by atoms with E-state index in [4.69, 9.17) is 9.47 Å². The highest BCUT2D eigenvalue weighted by Gasteiger charge is 2.31. The maximum Gasteiger partial charge on any atom is 0.244 e. The first-order valence-electron chi connectivity index (χ1n) is 10.7. The molecule has 1 N–H and O–H groups in total. The average Bonchev–Trinajstić information content (AvgIpc) is 3.30. The Kier molecular flexibility index (Phi) is 7.80. The van der Waals surface area contributed by atoms with E-state index in [1.807, 2.05) is 30.3 Å². The smallest absolute Gasteiger partial charge is 0.244 e. The Balaban J connectivity index is 1.87. The number of fused-ring (bicyclic) bond motifs is 1. The number of nitrogens with zero attached hydrogens (tertiary/aromatic N) is 2. The predicted octanol–water partition coefficient (Wildman–Crippen LogP) is 1.78. The molecule has 1 unspecified atom stereocenters. The Hall–Kier alpha value is -3.27. The van der Waals surface area contributed by atoms with Crippen molar-refractivity contribution in [1.29, 1.82) is 0 Å². The Bertz CT molecular complexity index is 1090. The van der Waals surface area contributed by atoms with Crippen LogP contribution in [0, 0.1) is 0 Å². The lowest BCUT2D eigenvalue weighted by Crippen LogP contribution is -2.52. The van der Waals surface area contributed by atoms with Gasteiger partial charge in [-0.15, -0.1) is 0 Å². The molecule has 1 atom stereocenters. The number of sulfonamides is 1. The van der Waals surface area contributed by atoms with Gasteiger partial charge in [0, 0.05) is 19.7 Å². The van der Waals surface area contributed by atoms with E-state index in [1.54, 1.807) is 25.1 Å². The van der Waals surface area contributed by atoms with Crippen LogP contribution in [0.5, 0.6) is 11.5 Å². The molecule has 33 heavy (non-hydrogen) atoms. The van der Waals surface area contributed by atoms with Gasteiger partial charge in [-0.25, -0.2) is 8.42 Å². The quantitative estimate of drug-likeness (QED) is 0.562. The van der Waals surface area contributed by atoms with E-state index < -0.39 is 28.5 Å². The predicted molar refractivity (Wildman–Crippen MR) is 125 cm³/mol. The van der Waals surface area contributed by atoms with Crippen molar-refractivity contribution < 1.29 is 27.5 Å². The van der Waals surface area contributed by atoms with Crippen LogP contribution in [0.1, 0.15) is 19.4 Å². The number of hydrogen-bond acceptors (Lipinski definition) is 6. The highest BCUT2D eigenvalue weighted by atomic mass is 32.2. The third-order valence-corrected chi connectivity index (χ3v) is 7.26. The van der Waals surface area contributed by atoms with E-state index in [9.17, 15) is 18.0 Å². The maximum absolute atomic E-state index is 13.4. The lowest BCUT2D eigenvalue weighted by atomic mass is 10.1. The molecule has 0 aromatic heterocycles. The zero-order valence-electron chi connectivity index (χ0n) is 19.0. The molecule has 1 aliphatic heterocycles. The van der Waals surface area contributed by atoms with Crippen LogP contribution in [0.25, 0.3) is 0 Å². The normalized spacial score (nSPS) is 13.3. The fourth-order valence-corrected chi connectivity index (χ4v) is 4.59. The molecule has 0 fully saturated rings. The van der Waals surface area contributed by atoms with Crippen molar-refractivity contribution >= 4 is 27.5 Å². The van der Waals surface area contributed by atoms with Gasteiger partial charge in [-0.2, -0.15) is 0 Å². The number of nitrogens with one attached hydrogen (secondary N) is 1. The zero-order valence-corrected chi connectivity index (χ0v) is 19.8. The first-order chi connectivity index (χ1) is 15.8. The first-order valence-corrected chi connectivity index (χ1v) is 12.3. The van der Waals surface area contributed by atoms with Gasteiger partial charge >= 0.3 is 0 Å². The first kappa shape index (κ1) is 24.4. The molecule has 0 radical (unpaired) electrons. The monoisotopic (exact) mass is 475 g/mol. The van der Waals surface area contributed by atoms with Gasteiger partial charge in [0.05, 0.1) is 11.4 Å². The fourth-order valence-electron chi connectivity index (χ4n) is 3.54. The van der Waals surface area contributed by atoms with E-state index >= 15 is 0 Å². The van der Waals surface area contributed by atoms with Crippen LogP contribution in [0.4, 0.5) is 5.69 Å². The third-order valence-electron chi connectivity index (χ3n) is 5.52. The Labute approximate surface area is 194 Å². The number of anilines is 1. The largest absolute Gasteiger partial charge is 0.454 e. The van der Waals surface area contributed by atoms with Gasteiger partial charge in [0.25, 0.3) is 0 Å². The summed E-state index contributed by atoms with van der Waals surface area (Å²) in [5, 5.41) is 2.56. The van der Waals surface area contributed by atoms with Gasteiger partial charge in [-0.1, -0.05) is 30.3 Å². The number of amides is 2. The van der Waals surface area contributed by atoms with E-state index in [0.717, 1.165) is 9.87 Å². The molecule has 0 saturated carbocycles. The molecule has 1 aliphatic rings. The molecule has 0 aliphatic carbocycles. The summed E-state index contributed by atoms with van der Waals surface area (Å²) in [4.78, 5) is 27.1. The molecule has 0 spiro atoms. The summed E-state index contributed by atoms with van der Waals surface area (Å²) < 4.78 is 37.5.